The molecule has 0 amide bonds. The third-order valence-corrected chi connectivity index (χ3v) is 7.73. The van der Waals surface area contributed by atoms with Gasteiger partial charge in [0.05, 0.1) is 25.3 Å². The lowest BCUT2D eigenvalue weighted by Crippen LogP contribution is -2.30. The molecule has 0 saturated heterocycles. The third-order valence-electron chi connectivity index (χ3n) is 5.39. The predicted octanol–water partition coefficient (Wildman–Crippen LogP) is 4.40. The van der Waals surface area contributed by atoms with Gasteiger partial charge in [-0.05, 0) is 62.1 Å². The van der Waals surface area contributed by atoms with Crippen molar-refractivity contribution in [2.24, 2.45) is 0 Å². The van der Waals surface area contributed by atoms with Crippen molar-refractivity contribution in [3.63, 3.8) is 0 Å². The van der Waals surface area contributed by atoms with Crippen molar-refractivity contribution in [1.82, 2.24) is 19.0 Å². The van der Waals surface area contributed by atoms with Crippen LogP contribution in [0.2, 0.25) is 0 Å². The molecule has 2 aromatic carbocycles. The topological polar surface area (TPSA) is 90.0 Å². The van der Waals surface area contributed by atoms with Crippen LogP contribution >= 0.6 is 12.2 Å². The number of nitrogens with zero attached hydrogens (tertiary/aromatic N) is 4. The Morgan fingerprint density at radius 1 is 1.09 bits per heavy atom. The quantitative estimate of drug-likeness (QED) is 0.325. The van der Waals surface area contributed by atoms with E-state index in [2.05, 4.69) is 5.10 Å². The number of rotatable bonds is 12. The minimum absolute atomic E-state index is 0.191. The van der Waals surface area contributed by atoms with E-state index in [1.807, 2.05) is 50.9 Å². The molecule has 3 aromatic rings. The summed E-state index contributed by atoms with van der Waals surface area (Å²) in [5.74, 6) is 1.65. The Bertz CT molecular complexity index is 1300. The highest BCUT2D eigenvalue weighted by atomic mass is 32.2. The highest BCUT2D eigenvalue weighted by Gasteiger charge is 2.22. The van der Waals surface area contributed by atoms with Crippen LogP contribution in [-0.4, -0.2) is 61.3 Å². The lowest BCUT2D eigenvalue weighted by Gasteiger charge is -2.18. The average molecular weight is 521 g/mol. The molecule has 0 unspecified atom stereocenters. The van der Waals surface area contributed by atoms with E-state index < -0.39 is 10.0 Å². The summed E-state index contributed by atoms with van der Waals surface area (Å²) < 4.78 is 45.5. The first-order valence-corrected chi connectivity index (χ1v) is 13.2. The molecule has 3 rings (SSSR count). The number of methoxy groups -OCH3 is 1. The SMILES string of the molecule is CCOc1ccc(CN(C)Cn2nc(-c3cccc(S(=O)(=O)N(CC)CC)c3)oc2=S)cc1OC. The van der Waals surface area contributed by atoms with Crippen molar-refractivity contribution in [3.8, 4) is 23.0 Å². The molecule has 1 aromatic heterocycles. The van der Waals surface area contributed by atoms with E-state index in [1.54, 1.807) is 36.1 Å². The van der Waals surface area contributed by atoms with Gasteiger partial charge in [-0.1, -0.05) is 26.0 Å². The number of aromatic nitrogens is 2. The Balaban J connectivity index is 1.78. The Labute approximate surface area is 211 Å². The summed E-state index contributed by atoms with van der Waals surface area (Å²) in [5.41, 5.74) is 1.58. The second-order valence-electron chi connectivity index (χ2n) is 7.86. The van der Waals surface area contributed by atoms with Crippen LogP contribution in [0.1, 0.15) is 26.3 Å². The molecular weight excluding hydrogens is 488 g/mol. The van der Waals surface area contributed by atoms with E-state index in [0.717, 1.165) is 5.56 Å². The fourth-order valence-electron chi connectivity index (χ4n) is 3.69. The maximum absolute atomic E-state index is 12.9. The summed E-state index contributed by atoms with van der Waals surface area (Å²) in [4.78, 5) is 2.42. The molecule has 0 aliphatic heterocycles. The molecule has 0 fully saturated rings. The molecule has 0 N–H and O–H groups in total. The average Bonchev–Trinajstić information content (AvgIpc) is 3.20. The van der Waals surface area contributed by atoms with Crippen LogP contribution in [0.15, 0.2) is 51.8 Å². The number of benzene rings is 2. The van der Waals surface area contributed by atoms with Gasteiger partial charge in [-0.2, -0.15) is 4.31 Å². The van der Waals surface area contributed by atoms with E-state index in [1.165, 1.54) is 4.31 Å². The van der Waals surface area contributed by atoms with Crippen LogP contribution in [0.3, 0.4) is 0 Å². The summed E-state index contributed by atoms with van der Waals surface area (Å²) in [7, 11) is -0.0419. The minimum atomic E-state index is -3.60. The molecule has 1 heterocycles. The molecule has 0 bridgehead atoms. The van der Waals surface area contributed by atoms with Crippen molar-refractivity contribution >= 4 is 22.2 Å². The van der Waals surface area contributed by atoms with Gasteiger partial charge >= 0.3 is 0 Å². The highest BCUT2D eigenvalue weighted by molar-refractivity contribution is 7.89. The molecule has 0 atom stereocenters. The molecule has 0 spiro atoms. The molecule has 0 aliphatic rings. The molecule has 0 aliphatic carbocycles. The Morgan fingerprint density at radius 2 is 1.83 bits per heavy atom. The zero-order valence-corrected chi connectivity index (χ0v) is 22.4. The van der Waals surface area contributed by atoms with E-state index in [9.17, 15) is 8.42 Å². The predicted molar refractivity (Wildman–Crippen MR) is 136 cm³/mol. The molecule has 190 valence electrons. The summed E-state index contributed by atoms with van der Waals surface area (Å²) in [6, 6.07) is 12.4. The van der Waals surface area contributed by atoms with Gasteiger partial charge in [0.2, 0.25) is 15.9 Å². The van der Waals surface area contributed by atoms with E-state index in [0.29, 0.717) is 50.0 Å². The normalized spacial score (nSPS) is 11.9. The Morgan fingerprint density at radius 3 is 2.49 bits per heavy atom. The second-order valence-corrected chi connectivity index (χ2v) is 10.2. The van der Waals surface area contributed by atoms with Gasteiger partial charge in [-0.15, -0.1) is 5.10 Å². The fraction of sp³-hybridized carbons (Fsp3) is 0.417. The minimum Gasteiger partial charge on any atom is -0.493 e. The van der Waals surface area contributed by atoms with Crippen LogP contribution in [0.25, 0.3) is 11.5 Å². The molecule has 35 heavy (non-hydrogen) atoms. The van der Waals surface area contributed by atoms with Crippen molar-refractivity contribution in [2.75, 3.05) is 33.9 Å². The number of ether oxygens (including phenoxy) is 2. The van der Waals surface area contributed by atoms with Gasteiger partial charge in [0.15, 0.2) is 11.5 Å². The molecular formula is C24H32N4O5S2. The molecule has 0 saturated carbocycles. The largest absolute Gasteiger partial charge is 0.493 e. The van der Waals surface area contributed by atoms with Gasteiger partial charge in [0, 0.05) is 25.2 Å². The first kappa shape index (κ1) is 26.9. The van der Waals surface area contributed by atoms with E-state index >= 15 is 0 Å². The third kappa shape index (κ3) is 6.29. The zero-order valence-electron chi connectivity index (χ0n) is 20.7. The summed E-state index contributed by atoms with van der Waals surface area (Å²) in [5, 5.41) is 4.49. The Kier molecular flexibility index (Phi) is 9.06. The van der Waals surface area contributed by atoms with Crippen molar-refractivity contribution in [3.05, 3.63) is 52.9 Å². The van der Waals surface area contributed by atoms with Crippen LogP contribution < -0.4 is 9.47 Å². The fourth-order valence-corrected chi connectivity index (χ4v) is 5.37. The Hall–Kier alpha value is -2.73. The van der Waals surface area contributed by atoms with Crippen molar-refractivity contribution in [1.29, 1.82) is 0 Å². The lowest BCUT2D eigenvalue weighted by atomic mass is 10.2. The maximum atomic E-state index is 12.9. The first-order valence-electron chi connectivity index (χ1n) is 11.4. The van der Waals surface area contributed by atoms with Crippen molar-refractivity contribution in [2.45, 2.75) is 38.9 Å². The second kappa shape index (κ2) is 11.8. The summed E-state index contributed by atoms with van der Waals surface area (Å²) in [6.45, 7) is 7.90. The van der Waals surface area contributed by atoms with Gasteiger partial charge in [0.1, 0.15) is 0 Å². The molecule has 0 radical (unpaired) electrons. The van der Waals surface area contributed by atoms with Crippen LogP contribution in [-0.2, 0) is 23.2 Å². The number of hydrogen-bond acceptors (Lipinski definition) is 8. The zero-order chi connectivity index (χ0) is 25.6. The number of hydrogen-bond donors (Lipinski definition) is 0. The smallest absolute Gasteiger partial charge is 0.288 e. The first-order chi connectivity index (χ1) is 16.7. The molecule has 9 nitrogen and oxygen atoms in total. The van der Waals surface area contributed by atoms with E-state index in [-0.39, 0.29) is 15.6 Å². The highest BCUT2D eigenvalue weighted by Crippen LogP contribution is 2.28. The van der Waals surface area contributed by atoms with Gasteiger partial charge in [-0.3, -0.25) is 4.90 Å². The monoisotopic (exact) mass is 520 g/mol. The number of sulfonamides is 1. The molecule has 11 heteroatoms. The van der Waals surface area contributed by atoms with E-state index in [4.69, 9.17) is 26.1 Å². The van der Waals surface area contributed by atoms with Crippen LogP contribution in [0.5, 0.6) is 11.5 Å². The van der Waals surface area contributed by atoms with Crippen LogP contribution in [0.4, 0.5) is 0 Å². The van der Waals surface area contributed by atoms with Crippen molar-refractivity contribution < 1.29 is 22.3 Å². The van der Waals surface area contributed by atoms with Gasteiger partial charge in [-0.25, -0.2) is 13.1 Å². The maximum Gasteiger partial charge on any atom is 0.288 e. The summed E-state index contributed by atoms with van der Waals surface area (Å²) in [6.07, 6.45) is 0. The van der Waals surface area contributed by atoms with Crippen LogP contribution in [0, 0.1) is 4.84 Å². The van der Waals surface area contributed by atoms with Gasteiger partial charge in [0.25, 0.3) is 4.84 Å². The standard InChI is InChI=1S/C24H32N4O5S2/c1-6-27(7-2)35(29,30)20-11-9-10-19(15-20)23-25-28(24(34)33-23)17-26(4)16-18-12-13-21(32-8-3)22(14-18)31-5/h9-15H,6-8,16-17H2,1-5H3. The lowest BCUT2D eigenvalue weighted by molar-refractivity contribution is 0.240. The summed E-state index contributed by atoms with van der Waals surface area (Å²) >= 11 is 5.37. The van der Waals surface area contributed by atoms with Gasteiger partial charge < -0.3 is 13.9 Å².